The molecular formula is C24H29N5OS. The minimum atomic E-state index is -0.321. The van der Waals surface area contributed by atoms with Gasteiger partial charge in [0.05, 0.1) is 10.9 Å². The molecule has 1 N–H and O–H groups in total. The zero-order valence-electron chi connectivity index (χ0n) is 18.6. The van der Waals surface area contributed by atoms with E-state index in [1.54, 1.807) is 0 Å². The summed E-state index contributed by atoms with van der Waals surface area (Å²) in [6, 6.07) is 14.4. The van der Waals surface area contributed by atoms with Gasteiger partial charge in [0.1, 0.15) is 0 Å². The second kappa shape index (κ2) is 9.14. The molecule has 0 bridgehead atoms. The first kappa shape index (κ1) is 21.4. The molecule has 1 unspecified atom stereocenters. The number of anilines is 2. The molecule has 31 heavy (non-hydrogen) atoms. The number of carbonyl (C=O) groups is 1. The van der Waals surface area contributed by atoms with Gasteiger partial charge in [0.2, 0.25) is 11.9 Å². The second-order valence-corrected chi connectivity index (χ2v) is 9.47. The van der Waals surface area contributed by atoms with E-state index in [9.17, 15) is 4.79 Å². The van der Waals surface area contributed by atoms with Crippen molar-refractivity contribution in [2.45, 2.75) is 50.9 Å². The van der Waals surface area contributed by atoms with Crippen molar-refractivity contribution in [2.75, 3.05) is 23.3 Å². The van der Waals surface area contributed by atoms with Gasteiger partial charge in [-0.2, -0.15) is 0 Å². The SMILES string of the molecule is Cc1ccc(-n2c(SC(C)C(=O)Nc3c(C)cccc3C)nnc2N2CCCC2)cc1. The summed E-state index contributed by atoms with van der Waals surface area (Å²) in [4.78, 5) is 15.3. The van der Waals surface area contributed by atoms with Crippen LogP contribution in [0.25, 0.3) is 5.69 Å². The highest BCUT2D eigenvalue weighted by Crippen LogP contribution is 2.31. The molecule has 2 heterocycles. The van der Waals surface area contributed by atoms with Gasteiger partial charge in [0.15, 0.2) is 5.16 Å². The lowest BCUT2D eigenvalue weighted by Crippen LogP contribution is -2.24. The van der Waals surface area contributed by atoms with E-state index in [0.29, 0.717) is 0 Å². The number of thioether (sulfide) groups is 1. The number of amides is 1. The van der Waals surface area contributed by atoms with Gasteiger partial charge >= 0.3 is 0 Å². The molecule has 0 spiro atoms. The number of rotatable bonds is 6. The van der Waals surface area contributed by atoms with Crippen LogP contribution in [0.1, 0.15) is 36.5 Å². The Kier molecular flexibility index (Phi) is 6.32. The normalized spacial score (nSPS) is 14.6. The van der Waals surface area contributed by atoms with Gasteiger partial charge in [0.25, 0.3) is 0 Å². The fourth-order valence-electron chi connectivity index (χ4n) is 3.83. The molecule has 1 aliphatic rings. The van der Waals surface area contributed by atoms with Crippen LogP contribution in [0.3, 0.4) is 0 Å². The van der Waals surface area contributed by atoms with Crippen LogP contribution in [0.4, 0.5) is 11.6 Å². The van der Waals surface area contributed by atoms with Gasteiger partial charge in [0, 0.05) is 18.8 Å². The topological polar surface area (TPSA) is 63.1 Å². The van der Waals surface area contributed by atoms with Crippen LogP contribution < -0.4 is 10.2 Å². The monoisotopic (exact) mass is 435 g/mol. The van der Waals surface area contributed by atoms with Gasteiger partial charge in [-0.15, -0.1) is 10.2 Å². The lowest BCUT2D eigenvalue weighted by Gasteiger charge is -2.19. The van der Waals surface area contributed by atoms with Gasteiger partial charge < -0.3 is 10.2 Å². The van der Waals surface area contributed by atoms with Crippen molar-refractivity contribution in [3.05, 3.63) is 59.2 Å². The van der Waals surface area contributed by atoms with E-state index in [2.05, 4.69) is 56.2 Å². The Labute approximate surface area is 188 Å². The summed E-state index contributed by atoms with van der Waals surface area (Å²) in [6.07, 6.45) is 2.33. The molecule has 1 aromatic heterocycles. The maximum atomic E-state index is 13.0. The van der Waals surface area contributed by atoms with Crippen LogP contribution in [0.2, 0.25) is 0 Å². The molecule has 1 atom stereocenters. The number of hydrogen-bond donors (Lipinski definition) is 1. The summed E-state index contributed by atoms with van der Waals surface area (Å²) in [7, 11) is 0. The first-order chi connectivity index (χ1) is 14.9. The molecule has 2 aromatic carbocycles. The third kappa shape index (κ3) is 4.61. The fourth-order valence-corrected chi connectivity index (χ4v) is 4.69. The molecule has 4 rings (SSSR count). The van der Waals surface area contributed by atoms with Gasteiger partial charge in [-0.1, -0.05) is 47.7 Å². The zero-order valence-corrected chi connectivity index (χ0v) is 19.4. The maximum Gasteiger partial charge on any atom is 0.237 e. The van der Waals surface area contributed by atoms with Crippen molar-refractivity contribution in [3.63, 3.8) is 0 Å². The average Bonchev–Trinajstić information content (AvgIpc) is 3.41. The van der Waals surface area contributed by atoms with E-state index in [1.807, 2.05) is 39.0 Å². The van der Waals surface area contributed by atoms with Crippen LogP contribution in [-0.4, -0.2) is 39.0 Å². The highest BCUT2D eigenvalue weighted by Gasteiger charge is 2.25. The summed E-state index contributed by atoms with van der Waals surface area (Å²) in [5.41, 5.74) is 5.23. The molecule has 3 aromatic rings. The van der Waals surface area contributed by atoms with E-state index >= 15 is 0 Å². The summed E-state index contributed by atoms with van der Waals surface area (Å²) in [5.74, 6) is 0.815. The average molecular weight is 436 g/mol. The predicted molar refractivity (Wildman–Crippen MR) is 127 cm³/mol. The van der Waals surface area contributed by atoms with Crippen LogP contribution in [0, 0.1) is 20.8 Å². The molecule has 1 aliphatic heterocycles. The predicted octanol–water partition coefficient (Wildman–Crippen LogP) is 4.91. The Morgan fingerprint density at radius 1 is 1.00 bits per heavy atom. The van der Waals surface area contributed by atoms with Crippen molar-refractivity contribution in [2.24, 2.45) is 0 Å². The quantitative estimate of drug-likeness (QED) is 0.557. The lowest BCUT2D eigenvalue weighted by atomic mass is 10.1. The Bertz CT molecular complexity index is 1050. The largest absolute Gasteiger partial charge is 0.341 e. The molecule has 7 heteroatoms. The molecule has 1 amide bonds. The molecule has 0 radical (unpaired) electrons. The van der Waals surface area contributed by atoms with E-state index < -0.39 is 0 Å². The summed E-state index contributed by atoms with van der Waals surface area (Å²) in [5, 5.41) is 12.5. The van der Waals surface area contributed by atoms with Crippen molar-refractivity contribution in [3.8, 4) is 5.69 Å². The van der Waals surface area contributed by atoms with Crippen LogP contribution in [-0.2, 0) is 4.79 Å². The van der Waals surface area contributed by atoms with Gasteiger partial charge in [-0.25, -0.2) is 0 Å². The van der Waals surface area contributed by atoms with Crippen LogP contribution in [0.5, 0.6) is 0 Å². The Hall–Kier alpha value is -2.80. The van der Waals surface area contributed by atoms with E-state index in [-0.39, 0.29) is 11.2 Å². The molecule has 6 nitrogen and oxygen atoms in total. The summed E-state index contributed by atoms with van der Waals surface area (Å²) < 4.78 is 2.08. The Morgan fingerprint density at radius 2 is 1.65 bits per heavy atom. The number of nitrogens with one attached hydrogen (secondary N) is 1. The number of hydrogen-bond acceptors (Lipinski definition) is 5. The smallest absolute Gasteiger partial charge is 0.237 e. The molecule has 1 fully saturated rings. The van der Waals surface area contributed by atoms with Crippen molar-refractivity contribution in [1.29, 1.82) is 0 Å². The number of nitrogens with zero attached hydrogens (tertiary/aromatic N) is 4. The second-order valence-electron chi connectivity index (χ2n) is 8.16. The number of carbonyl (C=O) groups excluding carboxylic acids is 1. The van der Waals surface area contributed by atoms with E-state index in [4.69, 9.17) is 0 Å². The molecule has 162 valence electrons. The Balaban J connectivity index is 1.60. The Morgan fingerprint density at radius 3 is 2.29 bits per heavy atom. The third-order valence-corrected chi connectivity index (χ3v) is 6.72. The highest BCUT2D eigenvalue weighted by atomic mass is 32.2. The van der Waals surface area contributed by atoms with Gasteiger partial charge in [-0.3, -0.25) is 9.36 Å². The minimum Gasteiger partial charge on any atom is -0.341 e. The lowest BCUT2D eigenvalue weighted by molar-refractivity contribution is -0.115. The third-order valence-electron chi connectivity index (χ3n) is 5.68. The maximum absolute atomic E-state index is 13.0. The molecule has 1 saturated heterocycles. The standard InChI is InChI=1S/C24H29N5OS/c1-16-10-12-20(13-11-16)29-23(28-14-5-6-15-28)26-27-24(29)31-19(4)22(30)25-21-17(2)8-7-9-18(21)3/h7-13,19H,5-6,14-15H2,1-4H3,(H,25,30). The minimum absolute atomic E-state index is 0.0384. The first-order valence-corrected chi connectivity index (χ1v) is 11.6. The number of para-hydroxylation sites is 1. The van der Waals surface area contributed by atoms with Gasteiger partial charge in [-0.05, 0) is 63.8 Å². The number of aromatic nitrogens is 3. The highest BCUT2D eigenvalue weighted by molar-refractivity contribution is 8.00. The molecular weight excluding hydrogens is 406 g/mol. The first-order valence-electron chi connectivity index (χ1n) is 10.7. The molecule has 0 saturated carbocycles. The summed E-state index contributed by atoms with van der Waals surface area (Å²) in [6.45, 7) is 9.98. The molecule has 0 aliphatic carbocycles. The van der Waals surface area contributed by atoms with Crippen molar-refractivity contribution < 1.29 is 4.79 Å². The van der Waals surface area contributed by atoms with Crippen LogP contribution in [0.15, 0.2) is 47.6 Å². The summed E-state index contributed by atoms with van der Waals surface area (Å²) >= 11 is 1.44. The zero-order chi connectivity index (χ0) is 22.0. The van der Waals surface area contributed by atoms with Crippen molar-refractivity contribution >= 4 is 29.3 Å². The van der Waals surface area contributed by atoms with Crippen molar-refractivity contribution in [1.82, 2.24) is 14.8 Å². The number of benzene rings is 2. The van der Waals surface area contributed by atoms with Crippen LogP contribution >= 0.6 is 11.8 Å². The fraction of sp³-hybridized carbons (Fsp3) is 0.375. The van der Waals surface area contributed by atoms with E-state index in [1.165, 1.54) is 17.3 Å². The van der Waals surface area contributed by atoms with E-state index in [0.717, 1.165) is 59.5 Å². The number of aryl methyl sites for hydroxylation is 3.